The van der Waals surface area contributed by atoms with Crippen LogP contribution in [0.5, 0.6) is 0 Å². The van der Waals surface area contributed by atoms with Gasteiger partial charge in [-0.05, 0) is 55.2 Å². The van der Waals surface area contributed by atoms with Crippen LogP contribution in [0.4, 0.5) is 0 Å². The van der Waals surface area contributed by atoms with Gasteiger partial charge in [0, 0.05) is 44.8 Å². The van der Waals surface area contributed by atoms with Crippen LogP contribution in [-0.2, 0) is 0 Å². The third-order valence-electron chi connectivity index (χ3n) is 4.50. The number of benzene rings is 2. The van der Waals surface area contributed by atoms with Crippen molar-refractivity contribution in [1.82, 2.24) is 16.0 Å². The zero-order valence-corrected chi connectivity index (χ0v) is 16.7. The molecule has 0 saturated heterocycles. The van der Waals surface area contributed by atoms with Crippen LogP contribution in [0, 0.1) is 20.8 Å². The van der Waals surface area contributed by atoms with Crippen LogP contribution >= 0.6 is 0 Å². The summed E-state index contributed by atoms with van der Waals surface area (Å²) in [7, 11) is 0. The SMILES string of the molecule is Cc1cc(C)c(-c2ccc(C(=O)NCCNCCNCCN)cc2)c(C)c1. The maximum Gasteiger partial charge on any atom is 0.251 e. The van der Waals surface area contributed by atoms with Crippen LogP contribution in [-0.4, -0.2) is 45.2 Å². The maximum atomic E-state index is 12.3. The molecule has 27 heavy (non-hydrogen) atoms. The summed E-state index contributed by atoms with van der Waals surface area (Å²) in [6.07, 6.45) is 0. The van der Waals surface area contributed by atoms with Crippen molar-refractivity contribution in [2.24, 2.45) is 5.73 Å². The Kier molecular flexibility index (Phi) is 8.45. The second kappa shape index (κ2) is 10.8. The van der Waals surface area contributed by atoms with Crippen LogP contribution in [0.3, 0.4) is 0 Å². The van der Waals surface area contributed by atoms with Crippen molar-refractivity contribution in [3.8, 4) is 11.1 Å². The van der Waals surface area contributed by atoms with Crippen molar-refractivity contribution in [3.63, 3.8) is 0 Å². The van der Waals surface area contributed by atoms with Gasteiger partial charge in [0.15, 0.2) is 0 Å². The summed E-state index contributed by atoms with van der Waals surface area (Å²) in [6, 6.07) is 12.2. The lowest BCUT2D eigenvalue weighted by molar-refractivity contribution is 0.0954. The second-order valence-corrected chi connectivity index (χ2v) is 6.90. The average Bonchev–Trinajstić information content (AvgIpc) is 2.63. The van der Waals surface area contributed by atoms with Gasteiger partial charge in [-0.15, -0.1) is 0 Å². The molecular formula is C22H32N4O. The Morgan fingerprint density at radius 3 is 2.00 bits per heavy atom. The minimum absolute atomic E-state index is 0.0399. The Bertz CT molecular complexity index is 717. The number of rotatable bonds is 10. The summed E-state index contributed by atoms with van der Waals surface area (Å²) < 4.78 is 0. The first-order chi connectivity index (χ1) is 13.0. The summed E-state index contributed by atoms with van der Waals surface area (Å²) in [4.78, 5) is 12.3. The van der Waals surface area contributed by atoms with E-state index in [1.807, 2.05) is 24.3 Å². The van der Waals surface area contributed by atoms with Crippen molar-refractivity contribution in [2.75, 3.05) is 39.3 Å². The van der Waals surface area contributed by atoms with E-state index in [2.05, 4.69) is 48.9 Å². The Morgan fingerprint density at radius 1 is 0.852 bits per heavy atom. The van der Waals surface area contributed by atoms with Crippen molar-refractivity contribution in [3.05, 3.63) is 58.7 Å². The van der Waals surface area contributed by atoms with E-state index in [1.165, 1.54) is 22.3 Å². The minimum Gasteiger partial charge on any atom is -0.351 e. The monoisotopic (exact) mass is 368 g/mol. The maximum absolute atomic E-state index is 12.3. The molecular weight excluding hydrogens is 336 g/mol. The van der Waals surface area contributed by atoms with Crippen LogP contribution in [0.1, 0.15) is 27.0 Å². The van der Waals surface area contributed by atoms with Crippen molar-refractivity contribution < 1.29 is 4.79 Å². The van der Waals surface area contributed by atoms with Gasteiger partial charge in [0.1, 0.15) is 0 Å². The van der Waals surface area contributed by atoms with E-state index in [0.29, 0.717) is 18.7 Å². The predicted molar refractivity (Wildman–Crippen MR) is 113 cm³/mol. The lowest BCUT2D eigenvalue weighted by Crippen LogP contribution is -2.35. The lowest BCUT2D eigenvalue weighted by atomic mass is 9.93. The number of nitrogens with two attached hydrogens (primary N) is 1. The fourth-order valence-corrected chi connectivity index (χ4v) is 3.32. The molecule has 0 spiro atoms. The second-order valence-electron chi connectivity index (χ2n) is 6.90. The van der Waals surface area contributed by atoms with Gasteiger partial charge in [-0.2, -0.15) is 0 Å². The molecule has 146 valence electrons. The first-order valence-corrected chi connectivity index (χ1v) is 9.61. The van der Waals surface area contributed by atoms with Crippen LogP contribution in [0.2, 0.25) is 0 Å². The summed E-state index contributed by atoms with van der Waals surface area (Å²) in [5, 5.41) is 9.44. The molecule has 5 heteroatoms. The molecule has 0 unspecified atom stereocenters. The molecule has 5 N–H and O–H groups in total. The van der Waals surface area contributed by atoms with Crippen LogP contribution < -0.4 is 21.7 Å². The normalized spacial score (nSPS) is 10.8. The molecule has 0 fully saturated rings. The van der Waals surface area contributed by atoms with Crippen molar-refractivity contribution in [1.29, 1.82) is 0 Å². The van der Waals surface area contributed by atoms with E-state index in [-0.39, 0.29) is 5.91 Å². The minimum atomic E-state index is -0.0399. The third kappa shape index (κ3) is 6.47. The molecule has 2 aromatic carbocycles. The number of carbonyl (C=O) groups is 1. The highest BCUT2D eigenvalue weighted by molar-refractivity contribution is 5.94. The summed E-state index contributed by atoms with van der Waals surface area (Å²) in [6.45, 7) is 11.0. The highest BCUT2D eigenvalue weighted by Crippen LogP contribution is 2.28. The van der Waals surface area contributed by atoms with Crippen molar-refractivity contribution in [2.45, 2.75) is 20.8 Å². The largest absolute Gasteiger partial charge is 0.351 e. The Hall–Kier alpha value is -2.21. The van der Waals surface area contributed by atoms with E-state index >= 15 is 0 Å². The zero-order chi connectivity index (χ0) is 19.6. The molecule has 0 aliphatic heterocycles. The molecule has 0 heterocycles. The molecule has 0 aliphatic carbocycles. The topological polar surface area (TPSA) is 79.2 Å². The molecule has 0 atom stereocenters. The van der Waals surface area contributed by atoms with Gasteiger partial charge >= 0.3 is 0 Å². The number of hydrogen-bond donors (Lipinski definition) is 4. The van der Waals surface area contributed by atoms with Gasteiger partial charge in [0.25, 0.3) is 5.91 Å². The number of carbonyl (C=O) groups excluding carboxylic acids is 1. The van der Waals surface area contributed by atoms with Crippen LogP contribution in [0.15, 0.2) is 36.4 Å². The van der Waals surface area contributed by atoms with Crippen LogP contribution in [0.25, 0.3) is 11.1 Å². The Balaban J connectivity index is 1.84. The fraction of sp³-hybridized carbons (Fsp3) is 0.409. The van der Waals surface area contributed by atoms with E-state index in [9.17, 15) is 4.79 Å². The van der Waals surface area contributed by atoms with E-state index in [0.717, 1.165) is 31.7 Å². The molecule has 5 nitrogen and oxygen atoms in total. The quantitative estimate of drug-likeness (QED) is 0.485. The fourth-order valence-electron chi connectivity index (χ4n) is 3.32. The van der Waals surface area contributed by atoms with Gasteiger partial charge in [0.2, 0.25) is 0 Å². The lowest BCUT2D eigenvalue weighted by Gasteiger charge is -2.12. The molecule has 0 bridgehead atoms. The third-order valence-corrected chi connectivity index (χ3v) is 4.50. The van der Waals surface area contributed by atoms with Crippen molar-refractivity contribution >= 4 is 5.91 Å². The molecule has 0 saturated carbocycles. The molecule has 0 radical (unpaired) electrons. The molecule has 2 aromatic rings. The van der Waals surface area contributed by atoms with E-state index < -0.39 is 0 Å². The van der Waals surface area contributed by atoms with Gasteiger partial charge in [-0.1, -0.05) is 29.8 Å². The summed E-state index contributed by atoms with van der Waals surface area (Å²) in [5.74, 6) is -0.0399. The predicted octanol–water partition coefficient (Wildman–Crippen LogP) is 2.15. The number of amides is 1. The molecule has 0 aromatic heterocycles. The summed E-state index contributed by atoms with van der Waals surface area (Å²) >= 11 is 0. The molecule has 0 aliphatic rings. The first kappa shape index (κ1) is 21.1. The number of aryl methyl sites for hydroxylation is 3. The van der Waals surface area contributed by atoms with E-state index in [4.69, 9.17) is 5.73 Å². The standard InChI is InChI=1S/C22H32N4O/c1-16-14-17(2)21(18(3)15-16)19-4-6-20(7-5-19)22(27)26-13-12-25-11-10-24-9-8-23/h4-7,14-15,24-25H,8-13,23H2,1-3H3,(H,26,27). The Morgan fingerprint density at radius 2 is 1.41 bits per heavy atom. The van der Waals surface area contributed by atoms with Gasteiger partial charge in [-0.25, -0.2) is 0 Å². The summed E-state index contributed by atoms with van der Waals surface area (Å²) in [5.41, 5.74) is 12.3. The average molecular weight is 369 g/mol. The highest BCUT2D eigenvalue weighted by Gasteiger charge is 2.09. The molecule has 1 amide bonds. The van der Waals surface area contributed by atoms with Gasteiger partial charge < -0.3 is 21.7 Å². The molecule has 2 rings (SSSR count). The zero-order valence-electron chi connectivity index (χ0n) is 16.7. The number of nitrogens with one attached hydrogen (secondary N) is 3. The van der Waals surface area contributed by atoms with Gasteiger partial charge in [-0.3, -0.25) is 4.79 Å². The highest BCUT2D eigenvalue weighted by atomic mass is 16.1. The smallest absolute Gasteiger partial charge is 0.251 e. The van der Waals surface area contributed by atoms with Gasteiger partial charge in [0.05, 0.1) is 0 Å². The number of hydrogen-bond acceptors (Lipinski definition) is 4. The Labute approximate surface area is 162 Å². The van der Waals surface area contributed by atoms with E-state index in [1.54, 1.807) is 0 Å². The first-order valence-electron chi connectivity index (χ1n) is 9.61.